The fourth-order valence-corrected chi connectivity index (χ4v) is 2.31. The molecule has 0 atom stereocenters. The normalized spacial score (nSPS) is 14.2. The van der Waals surface area contributed by atoms with Crippen molar-refractivity contribution in [1.29, 1.82) is 0 Å². The van der Waals surface area contributed by atoms with Gasteiger partial charge < -0.3 is 14.5 Å². The zero-order valence-corrected chi connectivity index (χ0v) is 12.4. The molecule has 1 fully saturated rings. The second-order valence-electron chi connectivity index (χ2n) is 5.11. The van der Waals surface area contributed by atoms with E-state index >= 15 is 0 Å². The minimum atomic E-state index is -0.531. The third-order valence-corrected chi connectivity index (χ3v) is 3.38. The summed E-state index contributed by atoms with van der Waals surface area (Å²) in [5, 5.41) is 0. The first-order chi connectivity index (χ1) is 9.93. The molecule has 1 aromatic carbocycles. The number of methoxy groups -OCH3 is 1. The van der Waals surface area contributed by atoms with E-state index in [1.807, 2.05) is 0 Å². The van der Waals surface area contributed by atoms with E-state index < -0.39 is 5.97 Å². The smallest absolute Gasteiger partial charge is 0.337 e. The number of hydrogen-bond acceptors (Lipinski definition) is 4. The SMILES string of the molecule is COC(=O)c1cc(C(=O)N(C)C)cc(N2CCCC2=O)c1. The van der Waals surface area contributed by atoms with Gasteiger partial charge in [-0.15, -0.1) is 0 Å². The maximum absolute atomic E-state index is 12.1. The van der Waals surface area contributed by atoms with Crippen LogP contribution >= 0.6 is 0 Å². The molecule has 1 aromatic rings. The first kappa shape index (κ1) is 15.0. The lowest BCUT2D eigenvalue weighted by Gasteiger charge is -2.19. The van der Waals surface area contributed by atoms with E-state index in [4.69, 9.17) is 4.74 Å². The average Bonchev–Trinajstić information content (AvgIpc) is 2.91. The van der Waals surface area contributed by atoms with Gasteiger partial charge in [0.1, 0.15) is 0 Å². The summed E-state index contributed by atoms with van der Waals surface area (Å²) in [5.74, 6) is -0.759. The number of nitrogens with zero attached hydrogens (tertiary/aromatic N) is 2. The minimum absolute atomic E-state index is 0.000248. The van der Waals surface area contributed by atoms with Crippen molar-refractivity contribution < 1.29 is 19.1 Å². The molecule has 0 radical (unpaired) electrons. The number of esters is 1. The van der Waals surface area contributed by atoms with Crippen LogP contribution in [-0.2, 0) is 9.53 Å². The number of amides is 2. The van der Waals surface area contributed by atoms with Gasteiger partial charge in [0.25, 0.3) is 5.91 Å². The predicted octanol–water partition coefficient (Wildman–Crippen LogP) is 1.30. The van der Waals surface area contributed by atoms with Crippen LogP contribution < -0.4 is 4.90 Å². The molecule has 2 amide bonds. The first-order valence-corrected chi connectivity index (χ1v) is 6.69. The number of ether oxygens (including phenoxy) is 1. The van der Waals surface area contributed by atoms with Crippen LogP contribution in [0.2, 0.25) is 0 Å². The fourth-order valence-electron chi connectivity index (χ4n) is 2.31. The van der Waals surface area contributed by atoms with Gasteiger partial charge in [0.05, 0.1) is 12.7 Å². The summed E-state index contributed by atoms with van der Waals surface area (Å²) in [6.45, 7) is 0.596. The van der Waals surface area contributed by atoms with Crippen molar-refractivity contribution in [2.45, 2.75) is 12.8 Å². The minimum Gasteiger partial charge on any atom is -0.465 e. The molecule has 0 aliphatic carbocycles. The highest BCUT2D eigenvalue weighted by molar-refractivity contribution is 6.02. The first-order valence-electron chi connectivity index (χ1n) is 6.69. The summed E-state index contributed by atoms with van der Waals surface area (Å²) in [6.07, 6.45) is 1.26. The lowest BCUT2D eigenvalue weighted by molar-refractivity contribution is -0.117. The van der Waals surface area contributed by atoms with E-state index in [2.05, 4.69) is 0 Å². The maximum Gasteiger partial charge on any atom is 0.337 e. The van der Waals surface area contributed by atoms with Gasteiger partial charge in [0, 0.05) is 38.3 Å². The molecule has 0 saturated carbocycles. The van der Waals surface area contributed by atoms with Gasteiger partial charge in [-0.2, -0.15) is 0 Å². The highest BCUT2D eigenvalue weighted by atomic mass is 16.5. The molecule has 2 rings (SSSR count). The second kappa shape index (κ2) is 5.95. The van der Waals surface area contributed by atoms with E-state index in [-0.39, 0.29) is 17.4 Å². The number of benzene rings is 1. The van der Waals surface area contributed by atoms with E-state index in [0.29, 0.717) is 24.2 Å². The molecule has 21 heavy (non-hydrogen) atoms. The lowest BCUT2D eigenvalue weighted by Crippen LogP contribution is -2.26. The number of carbonyl (C=O) groups excluding carboxylic acids is 3. The number of hydrogen-bond donors (Lipinski definition) is 0. The molecule has 112 valence electrons. The highest BCUT2D eigenvalue weighted by Gasteiger charge is 2.24. The van der Waals surface area contributed by atoms with Crippen molar-refractivity contribution in [3.63, 3.8) is 0 Å². The third-order valence-electron chi connectivity index (χ3n) is 3.38. The highest BCUT2D eigenvalue weighted by Crippen LogP contribution is 2.25. The Balaban J connectivity index is 2.49. The number of anilines is 1. The van der Waals surface area contributed by atoms with Gasteiger partial charge in [0.2, 0.25) is 5.91 Å². The molecule has 0 unspecified atom stereocenters. The van der Waals surface area contributed by atoms with Gasteiger partial charge in [-0.3, -0.25) is 9.59 Å². The molecule has 0 spiro atoms. The van der Waals surface area contributed by atoms with Crippen molar-refractivity contribution in [2.24, 2.45) is 0 Å². The van der Waals surface area contributed by atoms with Crippen LogP contribution in [0.15, 0.2) is 18.2 Å². The quantitative estimate of drug-likeness (QED) is 0.787. The van der Waals surface area contributed by atoms with E-state index in [1.54, 1.807) is 31.1 Å². The molecule has 6 heteroatoms. The van der Waals surface area contributed by atoms with Gasteiger partial charge in [-0.25, -0.2) is 4.79 Å². The van der Waals surface area contributed by atoms with Crippen LogP contribution in [0.25, 0.3) is 0 Å². The Labute approximate surface area is 123 Å². The van der Waals surface area contributed by atoms with Crippen molar-refractivity contribution in [2.75, 3.05) is 32.6 Å². The summed E-state index contributed by atoms with van der Waals surface area (Å²) >= 11 is 0. The standard InChI is InChI=1S/C15H18N2O4/c1-16(2)14(19)10-7-11(15(20)21-3)9-12(8-10)17-6-4-5-13(17)18/h7-9H,4-6H2,1-3H3. The molecule has 6 nitrogen and oxygen atoms in total. The Morgan fingerprint density at radius 2 is 1.86 bits per heavy atom. The molecule has 1 aliphatic rings. The zero-order valence-electron chi connectivity index (χ0n) is 12.4. The summed E-state index contributed by atoms with van der Waals surface area (Å²) < 4.78 is 4.71. The summed E-state index contributed by atoms with van der Waals surface area (Å²) in [5.41, 5.74) is 1.18. The van der Waals surface area contributed by atoms with Crippen molar-refractivity contribution >= 4 is 23.5 Å². The summed E-state index contributed by atoms with van der Waals surface area (Å²) in [6, 6.07) is 4.71. The Hall–Kier alpha value is -2.37. The Morgan fingerprint density at radius 3 is 2.38 bits per heavy atom. The molecular formula is C15H18N2O4. The van der Waals surface area contributed by atoms with Crippen LogP contribution in [0.1, 0.15) is 33.6 Å². The second-order valence-corrected chi connectivity index (χ2v) is 5.11. The molecule has 0 bridgehead atoms. The molecule has 0 aromatic heterocycles. The van der Waals surface area contributed by atoms with Crippen LogP contribution in [-0.4, -0.2) is 50.4 Å². The predicted molar refractivity (Wildman–Crippen MR) is 77.4 cm³/mol. The Bertz CT molecular complexity index is 595. The molecule has 1 saturated heterocycles. The largest absolute Gasteiger partial charge is 0.465 e. The lowest BCUT2D eigenvalue weighted by atomic mass is 10.1. The van der Waals surface area contributed by atoms with Crippen molar-refractivity contribution in [3.05, 3.63) is 29.3 Å². The summed E-state index contributed by atoms with van der Waals surface area (Å²) in [4.78, 5) is 38.8. The van der Waals surface area contributed by atoms with Crippen LogP contribution in [0.4, 0.5) is 5.69 Å². The Kier molecular flexibility index (Phi) is 4.26. The van der Waals surface area contributed by atoms with Crippen LogP contribution in [0.5, 0.6) is 0 Å². The van der Waals surface area contributed by atoms with E-state index in [9.17, 15) is 14.4 Å². The maximum atomic E-state index is 12.1. The van der Waals surface area contributed by atoms with Crippen molar-refractivity contribution in [1.82, 2.24) is 4.90 Å². The van der Waals surface area contributed by atoms with E-state index in [0.717, 1.165) is 6.42 Å². The molecule has 0 N–H and O–H groups in total. The van der Waals surface area contributed by atoms with E-state index in [1.165, 1.54) is 18.1 Å². The van der Waals surface area contributed by atoms with Gasteiger partial charge in [-0.1, -0.05) is 0 Å². The van der Waals surface area contributed by atoms with Crippen molar-refractivity contribution in [3.8, 4) is 0 Å². The molecular weight excluding hydrogens is 272 g/mol. The Morgan fingerprint density at radius 1 is 1.19 bits per heavy atom. The molecule has 1 heterocycles. The molecule has 1 aliphatic heterocycles. The zero-order chi connectivity index (χ0) is 15.6. The average molecular weight is 290 g/mol. The fraction of sp³-hybridized carbons (Fsp3) is 0.400. The summed E-state index contributed by atoms with van der Waals surface area (Å²) in [7, 11) is 4.55. The van der Waals surface area contributed by atoms with Gasteiger partial charge >= 0.3 is 5.97 Å². The van der Waals surface area contributed by atoms with Crippen LogP contribution in [0, 0.1) is 0 Å². The van der Waals surface area contributed by atoms with Crippen LogP contribution in [0.3, 0.4) is 0 Å². The number of rotatable bonds is 3. The monoisotopic (exact) mass is 290 g/mol. The topological polar surface area (TPSA) is 66.9 Å². The third kappa shape index (κ3) is 3.04. The van der Waals surface area contributed by atoms with Gasteiger partial charge in [0.15, 0.2) is 0 Å². The number of carbonyl (C=O) groups is 3. The van der Waals surface area contributed by atoms with Gasteiger partial charge in [-0.05, 0) is 24.6 Å².